The molecular weight excluding hydrogens is 757 g/mol. The molecule has 0 N–H and O–H groups in total. The molecule has 4 heterocycles. The van der Waals surface area contributed by atoms with E-state index in [4.69, 9.17) is 15.0 Å². The van der Waals surface area contributed by atoms with Gasteiger partial charge in [0.25, 0.3) is 0 Å². The van der Waals surface area contributed by atoms with Gasteiger partial charge in [0.2, 0.25) is 0 Å². The van der Waals surface area contributed by atoms with E-state index in [-0.39, 0.29) is 0 Å². The molecule has 0 spiro atoms. The van der Waals surface area contributed by atoms with E-state index in [0.717, 1.165) is 33.2 Å². The second-order valence-electron chi connectivity index (χ2n) is 15.1. The van der Waals surface area contributed by atoms with Gasteiger partial charge in [-0.25, -0.2) is 15.0 Å². The number of rotatable bonds is 4. The number of aromatic nitrogens is 4. The lowest BCUT2D eigenvalue weighted by Crippen LogP contribution is -2.02. The Morgan fingerprint density at radius 1 is 0.339 bits per heavy atom. The molecule has 0 unspecified atom stereocenters. The Hall–Kier alpha value is -7.25. The molecular formula is C53H30N4S2. The second kappa shape index (κ2) is 12.6. The summed E-state index contributed by atoms with van der Waals surface area (Å²) in [5, 5.41) is 12.7. The molecule has 0 bridgehead atoms. The van der Waals surface area contributed by atoms with E-state index >= 15 is 0 Å². The van der Waals surface area contributed by atoms with E-state index in [9.17, 15) is 0 Å². The third kappa shape index (κ3) is 4.79. The molecule has 0 atom stereocenters. The summed E-state index contributed by atoms with van der Waals surface area (Å²) in [6.45, 7) is 0. The lowest BCUT2D eigenvalue weighted by atomic mass is 9.95. The van der Waals surface area contributed by atoms with Gasteiger partial charge in [-0.05, 0) is 41.8 Å². The number of para-hydroxylation sites is 1. The van der Waals surface area contributed by atoms with Crippen LogP contribution >= 0.6 is 22.7 Å². The van der Waals surface area contributed by atoms with Crippen LogP contribution in [0.2, 0.25) is 0 Å². The monoisotopic (exact) mass is 786 g/mol. The van der Waals surface area contributed by atoms with E-state index in [0.29, 0.717) is 17.5 Å². The number of hydrogen-bond donors (Lipinski definition) is 0. The van der Waals surface area contributed by atoms with Crippen LogP contribution in [-0.4, -0.2) is 19.5 Å². The SMILES string of the molecule is c1ccc(-c2nc(-c3ccccc3)nc(-c3ccc(-n4c5ccccc5c5c6sc7ccccc7c6c6c(ccc7sc8ccccc8c76)c54)c4ccccc34)n2)cc1. The predicted octanol–water partition coefficient (Wildman–Crippen LogP) is 15.0. The van der Waals surface area contributed by atoms with Gasteiger partial charge in [-0.1, -0.05) is 146 Å². The topological polar surface area (TPSA) is 43.6 Å². The molecule has 13 rings (SSSR count). The molecule has 0 fully saturated rings. The zero-order chi connectivity index (χ0) is 38.6. The Morgan fingerprint density at radius 2 is 0.898 bits per heavy atom. The Morgan fingerprint density at radius 3 is 1.61 bits per heavy atom. The van der Waals surface area contributed by atoms with Gasteiger partial charge in [-0.15, -0.1) is 22.7 Å². The first-order valence-corrected chi connectivity index (χ1v) is 21.4. The van der Waals surface area contributed by atoms with Crippen LogP contribution in [0, 0.1) is 0 Å². The highest BCUT2D eigenvalue weighted by Gasteiger charge is 2.25. The number of thiophene rings is 2. The fourth-order valence-corrected chi connectivity index (χ4v) is 11.7. The fourth-order valence-electron chi connectivity index (χ4n) is 9.32. The molecule has 0 saturated carbocycles. The van der Waals surface area contributed by atoms with Crippen LogP contribution in [0.25, 0.3) is 124 Å². The van der Waals surface area contributed by atoms with Crippen molar-refractivity contribution < 1.29 is 0 Å². The molecule has 0 amide bonds. The van der Waals surface area contributed by atoms with Crippen molar-refractivity contribution in [3.8, 4) is 39.9 Å². The van der Waals surface area contributed by atoms with E-state index in [1.807, 2.05) is 59.1 Å². The fraction of sp³-hybridized carbons (Fsp3) is 0. The second-order valence-corrected chi connectivity index (χ2v) is 17.2. The highest BCUT2D eigenvalue weighted by atomic mass is 32.1. The van der Waals surface area contributed by atoms with Crippen molar-refractivity contribution in [1.29, 1.82) is 0 Å². The third-order valence-electron chi connectivity index (χ3n) is 11.8. The molecule has 0 aliphatic carbocycles. The first-order chi connectivity index (χ1) is 29.3. The molecule has 4 nitrogen and oxygen atoms in total. The summed E-state index contributed by atoms with van der Waals surface area (Å²) >= 11 is 3.80. The minimum atomic E-state index is 0.645. The van der Waals surface area contributed by atoms with E-state index in [1.165, 1.54) is 72.9 Å². The first-order valence-electron chi connectivity index (χ1n) is 19.8. The van der Waals surface area contributed by atoms with Crippen molar-refractivity contribution >= 4 is 106 Å². The Kier molecular flexibility index (Phi) is 7.02. The zero-order valence-corrected chi connectivity index (χ0v) is 33.1. The average molecular weight is 787 g/mol. The van der Waals surface area contributed by atoms with Crippen LogP contribution in [0.1, 0.15) is 0 Å². The van der Waals surface area contributed by atoms with Crippen LogP contribution in [-0.2, 0) is 0 Å². The largest absolute Gasteiger partial charge is 0.308 e. The molecule has 0 aliphatic heterocycles. The summed E-state index contributed by atoms with van der Waals surface area (Å²) < 4.78 is 7.80. The van der Waals surface area contributed by atoms with E-state index < -0.39 is 0 Å². The lowest BCUT2D eigenvalue weighted by Gasteiger charge is -2.16. The van der Waals surface area contributed by atoms with Crippen LogP contribution in [0.3, 0.4) is 0 Å². The molecule has 9 aromatic carbocycles. The molecule has 0 saturated heterocycles. The van der Waals surface area contributed by atoms with Crippen molar-refractivity contribution in [1.82, 2.24) is 19.5 Å². The van der Waals surface area contributed by atoms with Gasteiger partial charge in [0.05, 0.1) is 16.7 Å². The van der Waals surface area contributed by atoms with Crippen molar-refractivity contribution in [3.05, 3.63) is 182 Å². The average Bonchev–Trinajstić information content (AvgIpc) is 3.99. The minimum absolute atomic E-state index is 0.645. The van der Waals surface area contributed by atoms with E-state index in [2.05, 4.69) is 150 Å². The highest BCUT2D eigenvalue weighted by molar-refractivity contribution is 7.27. The lowest BCUT2D eigenvalue weighted by molar-refractivity contribution is 1.08. The molecule has 6 heteroatoms. The summed E-state index contributed by atoms with van der Waals surface area (Å²) in [6, 6.07) is 65.1. The highest BCUT2D eigenvalue weighted by Crippen LogP contribution is 2.52. The summed E-state index contributed by atoms with van der Waals surface area (Å²) in [5.41, 5.74) is 6.39. The molecule has 274 valence electrons. The maximum absolute atomic E-state index is 5.16. The van der Waals surface area contributed by atoms with Gasteiger partial charge < -0.3 is 4.57 Å². The molecule has 4 aromatic heterocycles. The van der Waals surface area contributed by atoms with Gasteiger partial charge >= 0.3 is 0 Å². The standard InChI is InChI=1S/C53H30N4S2/c1-3-15-31(16-4-1)51-54-52(32-17-5-2-6-18-32)56-53(55-51)35-27-29-41(34-20-8-7-19-33(34)35)57-40-24-12-9-21-36(40)48-49(57)39-28-30-44-45(37-22-10-13-25-42(37)58-44)46(39)47-38-23-11-14-26-43(38)59-50(47)48/h1-30H. The maximum atomic E-state index is 5.16. The number of hydrogen-bond acceptors (Lipinski definition) is 5. The van der Waals surface area contributed by atoms with Gasteiger partial charge in [-0.2, -0.15) is 0 Å². The maximum Gasteiger partial charge on any atom is 0.164 e. The van der Waals surface area contributed by atoms with Crippen molar-refractivity contribution in [2.24, 2.45) is 0 Å². The van der Waals surface area contributed by atoms with Crippen LogP contribution < -0.4 is 0 Å². The quantitative estimate of drug-likeness (QED) is 0.178. The van der Waals surface area contributed by atoms with Crippen molar-refractivity contribution in [2.75, 3.05) is 0 Å². The molecule has 13 aromatic rings. The van der Waals surface area contributed by atoms with Gasteiger partial charge in [0, 0.05) is 84.0 Å². The van der Waals surface area contributed by atoms with Crippen molar-refractivity contribution in [2.45, 2.75) is 0 Å². The summed E-state index contributed by atoms with van der Waals surface area (Å²) in [7, 11) is 0. The summed E-state index contributed by atoms with van der Waals surface area (Å²) in [6.07, 6.45) is 0. The van der Waals surface area contributed by atoms with Gasteiger partial charge in [0.1, 0.15) is 0 Å². The third-order valence-corrected chi connectivity index (χ3v) is 14.2. The number of fused-ring (bicyclic) bond motifs is 15. The van der Waals surface area contributed by atoms with Crippen LogP contribution in [0.5, 0.6) is 0 Å². The van der Waals surface area contributed by atoms with Gasteiger partial charge in [-0.3, -0.25) is 0 Å². The summed E-state index contributed by atoms with van der Waals surface area (Å²) in [5.74, 6) is 1.94. The molecule has 59 heavy (non-hydrogen) atoms. The number of benzene rings is 9. The Labute approximate surface area is 345 Å². The van der Waals surface area contributed by atoms with Crippen LogP contribution in [0.15, 0.2) is 182 Å². The number of nitrogens with zero attached hydrogens (tertiary/aromatic N) is 4. The first kappa shape index (κ1) is 32.8. The Bertz CT molecular complexity index is 3790. The predicted molar refractivity (Wildman–Crippen MR) is 251 cm³/mol. The minimum Gasteiger partial charge on any atom is -0.308 e. The van der Waals surface area contributed by atoms with E-state index in [1.54, 1.807) is 0 Å². The molecule has 0 aliphatic rings. The van der Waals surface area contributed by atoms with Gasteiger partial charge in [0.15, 0.2) is 17.5 Å². The van der Waals surface area contributed by atoms with Crippen molar-refractivity contribution in [3.63, 3.8) is 0 Å². The zero-order valence-electron chi connectivity index (χ0n) is 31.4. The smallest absolute Gasteiger partial charge is 0.164 e. The summed E-state index contributed by atoms with van der Waals surface area (Å²) in [4.78, 5) is 15.3. The van der Waals surface area contributed by atoms with Crippen LogP contribution in [0.4, 0.5) is 0 Å². The Balaban J connectivity index is 1.16. The normalized spacial score (nSPS) is 12.1. The molecule has 0 radical (unpaired) electrons.